The standard InChI is InChI=1S/C18H22N4O3/c1-19-18(21-10-13-3-2-8-25-13)20-6-7-22-16(23)14-11-4-5-12(9-11)15(14)17(22)24/h2-5,8,11-12,14-15H,6-7,9-10H2,1H3,(H2,19,20,21). The first-order valence-corrected chi connectivity index (χ1v) is 8.69. The maximum absolute atomic E-state index is 12.6. The van der Waals surface area contributed by atoms with Gasteiger partial charge < -0.3 is 15.1 Å². The van der Waals surface area contributed by atoms with Gasteiger partial charge in [-0.25, -0.2) is 0 Å². The van der Waals surface area contributed by atoms with Crippen LogP contribution in [-0.4, -0.2) is 42.8 Å². The number of nitrogens with one attached hydrogen (secondary N) is 2. The van der Waals surface area contributed by atoms with Crippen LogP contribution in [0.1, 0.15) is 12.2 Å². The number of fused-ring (bicyclic) bond motifs is 5. The molecule has 0 spiro atoms. The van der Waals surface area contributed by atoms with E-state index in [9.17, 15) is 9.59 Å². The molecule has 4 atom stereocenters. The average molecular weight is 342 g/mol. The zero-order chi connectivity index (χ0) is 17.4. The molecule has 25 heavy (non-hydrogen) atoms. The summed E-state index contributed by atoms with van der Waals surface area (Å²) in [6.07, 6.45) is 6.80. The lowest BCUT2D eigenvalue weighted by Crippen LogP contribution is -2.43. The maximum atomic E-state index is 12.6. The first kappa shape index (κ1) is 15.9. The first-order valence-electron chi connectivity index (χ1n) is 8.69. The minimum Gasteiger partial charge on any atom is -0.467 e. The van der Waals surface area contributed by atoms with Crippen molar-refractivity contribution in [3.63, 3.8) is 0 Å². The zero-order valence-electron chi connectivity index (χ0n) is 14.1. The van der Waals surface area contributed by atoms with Crippen LogP contribution in [0, 0.1) is 23.7 Å². The molecule has 132 valence electrons. The molecule has 4 rings (SSSR count). The zero-order valence-corrected chi connectivity index (χ0v) is 14.1. The Balaban J connectivity index is 1.28. The summed E-state index contributed by atoms with van der Waals surface area (Å²) < 4.78 is 5.26. The van der Waals surface area contributed by atoms with Crippen LogP contribution >= 0.6 is 0 Å². The summed E-state index contributed by atoms with van der Waals surface area (Å²) in [5.41, 5.74) is 0. The Morgan fingerprint density at radius 2 is 1.96 bits per heavy atom. The van der Waals surface area contributed by atoms with Crippen LogP contribution in [0.2, 0.25) is 0 Å². The lowest BCUT2D eigenvalue weighted by Gasteiger charge is -2.18. The second-order valence-corrected chi connectivity index (χ2v) is 6.76. The van der Waals surface area contributed by atoms with Gasteiger partial charge in [0.15, 0.2) is 5.96 Å². The van der Waals surface area contributed by atoms with E-state index in [0.29, 0.717) is 25.6 Å². The third-order valence-corrected chi connectivity index (χ3v) is 5.42. The van der Waals surface area contributed by atoms with E-state index < -0.39 is 0 Å². The number of amides is 2. The molecular weight excluding hydrogens is 320 g/mol. The number of imide groups is 1. The van der Waals surface area contributed by atoms with Crippen molar-refractivity contribution in [2.24, 2.45) is 28.7 Å². The molecule has 7 heteroatoms. The van der Waals surface area contributed by atoms with Gasteiger partial charge in [0.2, 0.25) is 11.8 Å². The highest BCUT2D eigenvalue weighted by molar-refractivity contribution is 6.06. The molecule has 0 radical (unpaired) electrons. The first-order chi connectivity index (χ1) is 12.2. The highest BCUT2D eigenvalue weighted by atomic mass is 16.3. The van der Waals surface area contributed by atoms with E-state index in [2.05, 4.69) is 27.8 Å². The second-order valence-electron chi connectivity index (χ2n) is 6.76. The van der Waals surface area contributed by atoms with Crippen LogP contribution in [0.25, 0.3) is 0 Å². The average Bonchev–Trinajstić information content (AvgIpc) is 3.38. The molecular formula is C18H22N4O3. The topological polar surface area (TPSA) is 86.9 Å². The fourth-order valence-corrected chi connectivity index (χ4v) is 4.28. The van der Waals surface area contributed by atoms with E-state index in [1.165, 1.54) is 4.90 Å². The molecule has 2 fully saturated rings. The Labute approximate surface area is 146 Å². The molecule has 1 saturated carbocycles. The molecule has 0 aromatic carbocycles. The van der Waals surface area contributed by atoms with Crippen LogP contribution in [0.3, 0.4) is 0 Å². The molecule has 1 aliphatic heterocycles. The van der Waals surface area contributed by atoms with Crippen molar-refractivity contribution in [3.8, 4) is 0 Å². The van der Waals surface area contributed by atoms with Crippen molar-refractivity contribution >= 4 is 17.8 Å². The Morgan fingerprint density at radius 1 is 1.24 bits per heavy atom. The van der Waals surface area contributed by atoms with Crippen LogP contribution in [0.15, 0.2) is 40.0 Å². The summed E-state index contributed by atoms with van der Waals surface area (Å²) in [6, 6.07) is 3.71. The smallest absolute Gasteiger partial charge is 0.233 e. The van der Waals surface area contributed by atoms with E-state index >= 15 is 0 Å². The lowest BCUT2D eigenvalue weighted by atomic mass is 9.85. The van der Waals surface area contributed by atoms with Gasteiger partial charge in [-0.2, -0.15) is 0 Å². The molecule has 1 aromatic heterocycles. The number of carbonyl (C=O) groups is 2. The Bertz CT molecular complexity index is 695. The molecule has 2 amide bonds. The number of guanidine groups is 1. The predicted octanol–water partition coefficient (Wildman–Crippen LogP) is 0.752. The Hall–Kier alpha value is -2.57. The third-order valence-electron chi connectivity index (χ3n) is 5.42. The van der Waals surface area contributed by atoms with Crippen molar-refractivity contribution in [3.05, 3.63) is 36.3 Å². The monoisotopic (exact) mass is 342 g/mol. The largest absolute Gasteiger partial charge is 0.467 e. The van der Waals surface area contributed by atoms with Crippen LogP contribution in [-0.2, 0) is 16.1 Å². The van der Waals surface area contributed by atoms with Gasteiger partial charge in [-0.1, -0.05) is 12.2 Å². The van der Waals surface area contributed by atoms with Crippen molar-refractivity contribution < 1.29 is 14.0 Å². The molecule has 2 aliphatic carbocycles. The number of nitrogens with zero attached hydrogens (tertiary/aromatic N) is 2. The molecule has 1 saturated heterocycles. The van der Waals surface area contributed by atoms with Gasteiger partial charge in [-0.3, -0.25) is 19.5 Å². The van der Waals surface area contributed by atoms with Crippen molar-refractivity contribution in [1.82, 2.24) is 15.5 Å². The fraction of sp³-hybridized carbons (Fsp3) is 0.500. The number of allylic oxidation sites excluding steroid dienone is 2. The maximum Gasteiger partial charge on any atom is 0.233 e. The third kappa shape index (κ3) is 2.73. The molecule has 2 heterocycles. The van der Waals surface area contributed by atoms with Gasteiger partial charge in [0, 0.05) is 20.1 Å². The Morgan fingerprint density at radius 3 is 2.56 bits per heavy atom. The minimum atomic E-state index is -0.126. The minimum absolute atomic E-state index is 0.00724. The summed E-state index contributed by atoms with van der Waals surface area (Å²) in [5.74, 6) is 1.66. The lowest BCUT2D eigenvalue weighted by molar-refractivity contribution is -0.140. The van der Waals surface area contributed by atoms with Crippen LogP contribution in [0.4, 0.5) is 0 Å². The highest BCUT2D eigenvalue weighted by Crippen LogP contribution is 2.52. The number of furan rings is 1. The van der Waals surface area contributed by atoms with Gasteiger partial charge >= 0.3 is 0 Å². The second kappa shape index (κ2) is 6.38. The van der Waals surface area contributed by atoms with Crippen LogP contribution < -0.4 is 10.6 Å². The van der Waals surface area contributed by atoms with Crippen LogP contribution in [0.5, 0.6) is 0 Å². The van der Waals surface area contributed by atoms with Crippen molar-refractivity contribution in [2.75, 3.05) is 20.1 Å². The molecule has 7 nitrogen and oxygen atoms in total. The summed E-state index contributed by atoms with van der Waals surface area (Å²) in [4.78, 5) is 30.8. The van der Waals surface area contributed by atoms with Gasteiger partial charge in [-0.15, -0.1) is 0 Å². The van der Waals surface area contributed by atoms with E-state index in [1.807, 2.05) is 12.1 Å². The number of rotatable bonds is 5. The van der Waals surface area contributed by atoms with Gasteiger partial charge in [0.25, 0.3) is 0 Å². The summed E-state index contributed by atoms with van der Waals surface area (Å²) in [7, 11) is 1.68. The van der Waals surface area contributed by atoms with Gasteiger partial charge in [-0.05, 0) is 30.4 Å². The molecule has 2 N–H and O–H groups in total. The summed E-state index contributed by atoms with van der Waals surface area (Å²) >= 11 is 0. The van der Waals surface area contributed by atoms with E-state index in [0.717, 1.165) is 12.2 Å². The van der Waals surface area contributed by atoms with Crippen molar-refractivity contribution in [1.29, 1.82) is 0 Å². The number of hydrogen-bond donors (Lipinski definition) is 2. The van der Waals surface area contributed by atoms with Gasteiger partial charge in [0.05, 0.1) is 24.6 Å². The summed E-state index contributed by atoms with van der Waals surface area (Å²) in [5, 5.41) is 6.27. The van der Waals surface area contributed by atoms with E-state index in [-0.39, 0.29) is 35.5 Å². The molecule has 2 bridgehead atoms. The number of likely N-dealkylation sites (tertiary alicyclic amines) is 1. The molecule has 1 aromatic rings. The van der Waals surface area contributed by atoms with Gasteiger partial charge in [0.1, 0.15) is 5.76 Å². The van der Waals surface area contributed by atoms with E-state index in [4.69, 9.17) is 4.42 Å². The molecule has 3 aliphatic rings. The number of aliphatic imine (C=N–C) groups is 1. The van der Waals surface area contributed by atoms with E-state index in [1.54, 1.807) is 13.3 Å². The normalized spacial score (nSPS) is 30.3. The number of carbonyl (C=O) groups excluding carboxylic acids is 2. The summed E-state index contributed by atoms with van der Waals surface area (Å²) in [6.45, 7) is 1.36. The predicted molar refractivity (Wildman–Crippen MR) is 91.3 cm³/mol. The molecule has 4 unspecified atom stereocenters. The fourth-order valence-electron chi connectivity index (χ4n) is 4.28. The highest BCUT2D eigenvalue weighted by Gasteiger charge is 2.58. The number of hydrogen-bond acceptors (Lipinski definition) is 4. The quantitative estimate of drug-likeness (QED) is 0.357. The SMILES string of the molecule is CN=C(NCCN1C(=O)C2C3C=CC(C3)C2C1=O)NCc1ccco1. The van der Waals surface area contributed by atoms with Crippen molar-refractivity contribution in [2.45, 2.75) is 13.0 Å². The Kier molecular flexibility index (Phi) is 4.07.